The van der Waals surface area contributed by atoms with E-state index in [4.69, 9.17) is 9.47 Å². The smallest absolute Gasteiger partial charge is 0.354 e. The molecule has 418 valence electrons. The number of nitrogens with zero attached hydrogens (tertiary/aromatic N) is 9. The molecular weight excluding hydrogens is 1050 g/mol. The van der Waals surface area contributed by atoms with Gasteiger partial charge in [-0.2, -0.15) is 9.97 Å². The number of hydrogen-bond acceptors (Lipinski definition) is 13. The van der Waals surface area contributed by atoms with Gasteiger partial charge in [0.1, 0.15) is 48.0 Å². The molecule has 2 fully saturated rings. The van der Waals surface area contributed by atoms with Crippen LogP contribution in [0.15, 0.2) is 95.1 Å². The Morgan fingerprint density at radius 1 is 0.667 bits per heavy atom. The molecule has 4 aliphatic heterocycles. The molecule has 2 N–H and O–H groups in total. The van der Waals surface area contributed by atoms with E-state index in [2.05, 4.69) is 26.5 Å². The molecule has 8 heterocycles. The Balaban J connectivity index is 0.000000172. The number of phenols is 2. The summed E-state index contributed by atoms with van der Waals surface area (Å²) < 4.78 is 91.5. The van der Waals surface area contributed by atoms with Gasteiger partial charge in [0.2, 0.25) is 0 Å². The molecular formula is C60H56F5N9O7. The number of rotatable bonds is 7. The largest absolute Gasteiger partial charge is 0.507 e. The van der Waals surface area contributed by atoms with Crippen LogP contribution in [0.1, 0.15) is 81.3 Å². The molecule has 2 atom stereocenters. The highest BCUT2D eigenvalue weighted by Crippen LogP contribution is 2.48. The molecule has 0 unspecified atom stereocenters. The highest BCUT2D eigenvalue weighted by atomic mass is 19.1. The summed E-state index contributed by atoms with van der Waals surface area (Å²) in [6.45, 7) is 15.5. The summed E-state index contributed by atoms with van der Waals surface area (Å²) in [5.41, 5.74) is 1.79. The molecule has 21 heteroatoms. The Labute approximate surface area is 461 Å². The standard InChI is InChI=1S/C31H28F3N5O4.C29H28F2N4O3/c1-15(2)26-27(16(3)8-9-35-26)39-21-12-19(23-20(33)6-5-7-22(23)40)25(34)28-24(21)29(36-31(39)42)38-11-10-37(30(41)17(4)32)13-18(38)14-43-28;1-15(2)25-26(16(3)10-11-32-25)35-20-13-18(22-19(30)8-6-9-21(22)36)24(31)27-23(20)28(33-29(35)37)34-12-5-4-7-17(34)14-38-27/h5-9,12,15,18,40H,4,10-11,13-14H2,1-3H3;6,8-11,13,15,17,36H,4-5,7,12,14H2,1-3H3/t18-;17-/m11/s1. The molecule has 81 heavy (non-hydrogen) atoms. The summed E-state index contributed by atoms with van der Waals surface area (Å²) in [6.07, 6.45) is 6.05. The monoisotopic (exact) mass is 1110 g/mol. The Morgan fingerprint density at radius 2 is 1.14 bits per heavy atom. The van der Waals surface area contributed by atoms with Crippen LogP contribution in [0.3, 0.4) is 0 Å². The zero-order chi connectivity index (χ0) is 57.5. The SMILES string of the molecule is C=C(F)C(=O)N1CCN2c3nc(=O)n(-c4c(C)ccnc4C(C)C)c4cc(-c5c(O)cccc5F)c(F)c(c34)OC[C@H]2C1.Cc1ccnc(C(C)C)c1-n1c(=O)nc2c3c(c(F)c(-c4c(O)cccc4F)cc31)OC[C@H]1CCCCN21. The molecule has 4 aromatic carbocycles. The molecule has 0 bridgehead atoms. The van der Waals surface area contributed by atoms with Crippen molar-refractivity contribution in [1.82, 2.24) is 34.0 Å². The second-order valence-corrected chi connectivity index (χ2v) is 21.3. The van der Waals surface area contributed by atoms with Crippen molar-refractivity contribution < 1.29 is 46.4 Å². The summed E-state index contributed by atoms with van der Waals surface area (Å²) in [5, 5.41) is 21.7. The molecule has 2 saturated heterocycles. The minimum absolute atomic E-state index is 0.00378. The fourth-order valence-corrected chi connectivity index (χ4v) is 11.7. The first kappa shape index (κ1) is 54.1. The maximum atomic E-state index is 16.5. The minimum atomic E-state index is -1.11. The van der Waals surface area contributed by atoms with Crippen LogP contribution in [-0.4, -0.2) is 102 Å². The van der Waals surface area contributed by atoms with Gasteiger partial charge < -0.3 is 34.4 Å². The Bertz CT molecular complexity index is 4020. The maximum absolute atomic E-state index is 16.5. The Morgan fingerprint density at radius 3 is 1.59 bits per heavy atom. The molecule has 0 spiro atoms. The molecule has 0 radical (unpaired) electrons. The average Bonchev–Trinajstić information content (AvgIpc) is 4.01. The van der Waals surface area contributed by atoms with Crippen molar-refractivity contribution in [3.8, 4) is 56.6 Å². The van der Waals surface area contributed by atoms with Crippen molar-refractivity contribution in [3.63, 3.8) is 0 Å². The van der Waals surface area contributed by atoms with Gasteiger partial charge >= 0.3 is 11.4 Å². The van der Waals surface area contributed by atoms with Crippen LogP contribution in [0.2, 0.25) is 0 Å². The molecule has 4 aliphatic rings. The highest BCUT2D eigenvalue weighted by molar-refractivity contribution is 6.02. The molecule has 1 amide bonds. The summed E-state index contributed by atoms with van der Waals surface area (Å²) in [7, 11) is 0. The van der Waals surface area contributed by atoms with Gasteiger partial charge in [-0.25, -0.2) is 31.5 Å². The van der Waals surface area contributed by atoms with Gasteiger partial charge in [0.15, 0.2) is 29.0 Å². The Kier molecular flexibility index (Phi) is 14.0. The summed E-state index contributed by atoms with van der Waals surface area (Å²) in [6, 6.07) is 13.0. The number of pyridine rings is 2. The van der Waals surface area contributed by atoms with Gasteiger partial charge in [-0.15, -0.1) is 0 Å². The zero-order valence-corrected chi connectivity index (χ0v) is 45.2. The number of amides is 1. The number of piperidine rings is 1. The lowest BCUT2D eigenvalue weighted by molar-refractivity contribution is -0.129. The van der Waals surface area contributed by atoms with Gasteiger partial charge in [-0.1, -0.05) is 46.4 Å². The van der Waals surface area contributed by atoms with E-state index in [-0.39, 0.29) is 95.6 Å². The number of carbonyl (C=O) groups excluding carboxylic acids is 1. The van der Waals surface area contributed by atoms with E-state index in [0.29, 0.717) is 51.6 Å². The van der Waals surface area contributed by atoms with Crippen LogP contribution in [0, 0.1) is 37.1 Å². The second kappa shape index (κ2) is 21.0. The van der Waals surface area contributed by atoms with Crippen molar-refractivity contribution in [1.29, 1.82) is 0 Å². The minimum Gasteiger partial charge on any atom is -0.507 e. The van der Waals surface area contributed by atoms with Crippen molar-refractivity contribution in [2.75, 3.05) is 49.2 Å². The number of anilines is 2. The first-order chi connectivity index (χ1) is 38.8. The van der Waals surface area contributed by atoms with E-state index in [0.717, 1.165) is 37.0 Å². The highest BCUT2D eigenvalue weighted by Gasteiger charge is 2.39. The number of benzene rings is 4. The van der Waals surface area contributed by atoms with Crippen LogP contribution in [0.5, 0.6) is 23.0 Å². The molecule has 8 aromatic rings. The molecule has 16 nitrogen and oxygen atoms in total. The van der Waals surface area contributed by atoms with Gasteiger partial charge in [-0.3, -0.25) is 23.9 Å². The van der Waals surface area contributed by atoms with E-state index in [1.807, 2.05) is 46.4 Å². The summed E-state index contributed by atoms with van der Waals surface area (Å²) in [5.74, 6) is -6.36. The van der Waals surface area contributed by atoms with E-state index >= 15 is 17.6 Å². The van der Waals surface area contributed by atoms with Crippen LogP contribution >= 0.6 is 0 Å². The van der Waals surface area contributed by atoms with Crippen LogP contribution < -0.4 is 30.7 Å². The third-order valence-corrected chi connectivity index (χ3v) is 15.5. The number of phenolic OH excluding ortho intramolecular Hbond substituents is 2. The zero-order valence-electron chi connectivity index (χ0n) is 45.2. The van der Waals surface area contributed by atoms with Gasteiger partial charge in [0.05, 0.1) is 67.8 Å². The van der Waals surface area contributed by atoms with Crippen molar-refractivity contribution >= 4 is 39.3 Å². The lowest BCUT2D eigenvalue weighted by Gasteiger charge is -2.40. The number of aromatic hydroxyl groups is 2. The lowest BCUT2D eigenvalue weighted by atomic mass is 9.98. The number of aryl methyl sites for hydroxylation is 2. The molecule has 0 saturated carbocycles. The number of aromatic nitrogens is 6. The average molecular weight is 1110 g/mol. The predicted octanol–water partition coefficient (Wildman–Crippen LogP) is 10.4. The third kappa shape index (κ3) is 9.11. The number of piperazine rings is 1. The number of fused-ring (bicyclic) bond motifs is 4. The summed E-state index contributed by atoms with van der Waals surface area (Å²) >= 11 is 0. The number of hydrogen-bond donors (Lipinski definition) is 2. The normalized spacial score (nSPS) is 16.5. The van der Waals surface area contributed by atoms with Crippen LogP contribution in [0.4, 0.5) is 33.6 Å². The van der Waals surface area contributed by atoms with Crippen molar-refractivity contribution in [3.05, 3.63) is 152 Å². The van der Waals surface area contributed by atoms with Gasteiger partial charge in [-0.05, 0) is 105 Å². The number of ether oxygens (including phenoxy) is 2. The van der Waals surface area contributed by atoms with E-state index in [1.165, 1.54) is 50.4 Å². The molecule has 0 aliphatic carbocycles. The predicted molar refractivity (Wildman–Crippen MR) is 296 cm³/mol. The third-order valence-electron chi connectivity index (χ3n) is 15.5. The van der Waals surface area contributed by atoms with E-state index in [9.17, 15) is 29.0 Å². The van der Waals surface area contributed by atoms with Crippen LogP contribution in [-0.2, 0) is 4.79 Å². The Hall–Kier alpha value is -8.88. The van der Waals surface area contributed by atoms with E-state index < -0.39 is 69.5 Å². The molecule has 12 rings (SSSR count). The number of halogens is 5. The quantitative estimate of drug-likeness (QED) is 0.114. The fourth-order valence-electron chi connectivity index (χ4n) is 11.7. The summed E-state index contributed by atoms with van der Waals surface area (Å²) in [4.78, 5) is 63.3. The van der Waals surface area contributed by atoms with Crippen LogP contribution in [0.25, 0.3) is 55.4 Å². The van der Waals surface area contributed by atoms with Gasteiger partial charge in [0, 0.05) is 49.7 Å². The maximum Gasteiger partial charge on any atom is 0.354 e. The molecule has 4 aromatic heterocycles. The second-order valence-electron chi connectivity index (χ2n) is 21.3. The van der Waals surface area contributed by atoms with Gasteiger partial charge in [0.25, 0.3) is 5.91 Å². The first-order valence-electron chi connectivity index (χ1n) is 26.7. The first-order valence-corrected chi connectivity index (χ1v) is 26.7. The van der Waals surface area contributed by atoms with E-state index in [1.54, 1.807) is 29.4 Å². The fraction of sp³-hybridized carbons (Fsp3) is 0.317. The van der Waals surface area contributed by atoms with Crippen molar-refractivity contribution in [2.45, 2.75) is 84.7 Å². The topological polar surface area (TPSA) is 181 Å². The van der Waals surface area contributed by atoms with Crippen molar-refractivity contribution in [2.24, 2.45) is 0 Å². The number of carbonyl (C=O) groups is 1. The lowest BCUT2D eigenvalue weighted by Crippen LogP contribution is -2.57.